The zero-order chi connectivity index (χ0) is 18.8. The van der Waals surface area contributed by atoms with Gasteiger partial charge >= 0.3 is 6.03 Å². The normalized spacial score (nSPS) is 20.2. The molecule has 0 saturated carbocycles. The van der Waals surface area contributed by atoms with Crippen molar-refractivity contribution in [3.63, 3.8) is 0 Å². The van der Waals surface area contributed by atoms with Gasteiger partial charge in [-0.25, -0.2) is 9.18 Å². The van der Waals surface area contributed by atoms with Crippen LogP contribution in [0.2, 0.25) is 5.02 Å². The van der Waals surface area contributed by atoms with Gasteiger partial charge in [0.2, 0.25) is 5.91 Å². The molecule has 1 aromatic carbocycles. The molecule has 1 aliphatic rings. The number of hydrogen-bond donors (Lipinski definition) is 2. The summed E-state index contributed by atoms with van der Waals surface area (Å²) < 4.78 is 13.7. The van der Waals surface area contributed by atoms with Gasteiger partial charge in [-0.05, 0) is 43.9 Å². The number of urea groups is 1. The molecule has 6 nitrogen and oxygen atoms in total. The number of halogens is 2. The Bertz CT molecular complexity index is 710. The Morgan fingerprint density at radius 2 is 2.08 bits per heavy atom. The SMILES string of the molecule is CC(C)CC[C@]1(C)NC(=O)N(CC(=O)Nc2cc(Cl)ccc2F)C1=O. The Morgan fingerprint density at radius 1 is 1.40 bits per heavy atom. The molecule has 1 fully saturated rings. The summed E-state index contributed by atoms with van der Waals surface area (Å²) in [6.07, 6.45) is 1.24. The fourth-order valence-electron chi connectivity index (χ4n) is 2.56. The Labute approximate surface area is 150 Å². The van der Waals surface area contributed by atoms with Crippen molar-refractivity contribution in [1.29, 1.82) is 0 Å². The number of hydrogen-bond acceptors (Lipinski definition) is 3. The zero-order valence-electron chi connectivity index (χ0n) is 14.4. The predicted molar refractivity (Wildman–Crippen MR) is 92.8 cm³/mol. The first-order valence-electron chi connectivity index (χ1n) is 8.01. The maximum Gasteiger partial charge on any atom is 0.325 e. The van der Waals surface area contributed by atoms with Gasteiger partial charge in [0, 0.05) is 5.02 Å². The lowest BCUT2D eigenvalue weighted by Crippen LogP contribution is -2.44. The Kier molecular flexibility index (Phi) is 5.67. The number of benzene rings is 1. The first-order chi connectivity index (χ1) is 11.6. The van der Waals surface area contributed by atoms with E-state index in [4.69, 9.17) is 11.6 Å². The highest BCUT2D eigenvalue weighted by atomic mass is 35.5. The van der Waals surface area contributed by atoms with Crippen LogP contribution in [-0.4, -0.2) is 34.8 Å². The second-order valence-corrected chi connectivity index (χ2v) is 7.19. The molecule has 2 N–H and O–H groups in total. The largest absolute Gasteiger partial charge is 0.325 e. The molecule has 136 valence electrons. The van der Waals surface area contributed by atoms with E-state index < -0.39 is 35.7 Å². The minimum absolute atomic E-state index is 0.105. The molecular formula is C17H21ClFN3O3. The van der Waals surface area contributed by atoms with Gasteiger partial charge in [0.1, 0.15) is 17.9 Å². The second kappa shape index (κ2) is 7.39. The molecule has 0 radical (unpaired) electrons. The smallest absolute Gasteiger partial charge is 0.323 e. The Balaban J connectivity index is 2.04. The highest BCUT2D eigenvalue weighted by Crippen LogP contribution is 2.25. The van der Waals surface area contributed by atoms with E-state index in [9.17, 15) is 18.8 Å². The fourth-order valence-corrected chi connectivity index (χ4v) is 2.74. The summed E-state index contributed by atoms with van der Waals surface area (Å²) in [6, 6.07) is 3.10. The van der Waals surface area contributed by atoms with Gasteiger partial charge < -0.3 is 10.6 Å². The molecule has 0 spiro atoms. The van der Waals surface area contributed by atoms with Crippen LogP contribution in [-0.2, 0) is 9.59 Å². The molecule has 2 rings (SSSR count). The van der Waals surface area contributed by atoms with Crippen molar-refractivity contribution in [3.05, 3.63) is 29.0 Å². The average Bonchev–Trinajstić information content (AvgIpc) is 2.73. The maximum atomic E-state index is 13.7. The van der Waals surface area contributed by atoms with Crippen LogP contribution in [0.15, 0.2) is 18.2 Å². The summed E-state index contributed by atoms with van der Waals surface area (Å²) in [4.78, 5) is 37.6. The van der Waals surface area contributed by atoms with Crippen LogP contribution in [0.25, 0.3) is 0 Å². The summed E-state index contributed by atoms with van der Waals surface area (Å²) in [5.41, 5.74) is -1.13. The summed E-state index contributed by atoms with van der Waals surface area (Å²) >= 11 is 5.77. The van der Waals surface area contributed by atoms with Crippen LogP contribution in [0.1, 0.15) is 33.6 Å². The molecule has 1 heterocycles. The quantitative estimate of drug-likeness (QED) is 0.756. The maximum absolute atomic E-state index is 13.7. The van der Waals surface area contributed by atoms with Crippen LogP contribution >= 0.6 is 11.6 Å². The standard InChI is InChI=1S/C17H21ClFN3O3/c1-10(2)6-7-17(3)15(24)22(16(25)21-17)9-14(23)20-13-8-11(18)4-5-12(13)19/h4-5,8,10H,6-7,9H2,1-3H3,(H,20,23)(H,21,25)/t17-/m0/s1. The fraction of sp³-hybridized carbons (Fsp3) is 0.471. The summed E-state index contributed by atoms with van der Waals surface area (Å²) in [7, 11) is 0. The topological polar surface area (TPSA) is 78.5 Å². The third-order valence-electron chi connectivity index (χ3n) is 4.07. The van der Waals surface area contributed by atoms with E-state index in [-0.39, 0.29) is 10.7 Å². The van der Waals surface area contributed by atoms with Crippen molar-refractivity contribution in [2.75, 3.05) is 11.9 Å². The summed E-state index contributed by atoms with van der Waals surface area (Å²) in [5.74, 6) is -1.42. The molecular weight excluding hydrogens is 349 g/mol. The van der Waals surface area contributed by atoms with Gasteiger partial charge in [-0.15, -0.1) is 0 Å². The number of carbonyl (C=O) groups excluding carboxylic acids is 3. The van der Waals surface area contributed by atoms with Gasteiger partial charge in [-0.3, -0.25) is 14.5 Å². The molecule has 0 unspecified atom stereocenters. The van der Waals surface area contributed by atoms with Crippen LogP contribution in [0.4, 0.5) is 14.9 Å². The van der Waals surface area contributed by atoms with Gasteiger partial charge in [0.25, 0.3) is 5.91 Å². The van der Waals surface area contributed by atoms with Crippen molar-refractivity contribution in [1.82, 2.24) is 10.2 Å². The molecule has 1 saturated heterocycles. The third-order valence-corrected chi connectivity index (χ3v) is 4.31. The zero-order valence-corrected chi connectivity index (χ0v) is 15.1. The van der Waals surface area contributed by atoms with Crippen LogP contribution in [0, 0.1) is 11.7 Å². The van der Waals surface area contributed by atoms with Crippen LogP contribution in [0.5, 0.6) is 0 Å². The number of nitrogens with zero attached hydrogens (tertiary/aromatic N) is 1. The number of nitrogens with one attached hydrogen (secondary N) is 2. The summed E-state index contributed by atoms with van der Waals surface area (Å²) in [5, 5.41) is 5.22. The molecule has 0 aliphatic carbocycles. The van der Waals surface area contributed by atoms with E-state index in [2.05, 4.69) is 10.6 Å². The van der Waals surface area contributed by atoms with Crippen molar-refractivity contribution in [2.24, 2.45) is 5.92 Å². The van der Waals surface area contributed by atoms with Gasteiger partial charge in [0.15, 0.2) is 0 Å². The molecule has 4 amide bonds. The molecule has 0 aromatic heterocycles. The average molecular weight is 370 g/mol. The molecule has 8 heteroatoms. The van der Waals surface area contributed by atoms with E-state index in [0.29, 0.717) is 12.3 Å². The number of carbonyl (C=O) groups is 3. The van der Waals surface area contributed by atoms with E-state index in [1.807, 2.05) is 13.8 Å². The number of anilines is 1. The molecule has 1 atom stereocenters. The first kappa shape index (κ1) is 19.2. The molecule has 1 aliphatic heterocycles. The van der Waals surface area contributed by atoms with E-state index in [0.717, 1.165) is 17.4 Å². The lowest BCUT2D eigenvalue weighted by Gasteiger charge is -2.22. The lowest BCUT2D eigenvalue weighted by molar-refractivity contribution is -0.133. The van der Waals surface area contributed by atoms with Crippen molar-refractivity contribution >= 4 is 35.1 Å². The van der Waals surface area contributed by atoms with Crippen molar-refractivity contribution in [2.45, 2.75) is 39.2 Å². The highest BCUT2D eigenvalue weighted by molar-refractivity contribution is 6.30. The predicted octanol–water partition coefficient (Wildman–Crippen LogP) is 3.16. The Hall–Kier alpha value is -2.15. The molecule has 1 aromatic rings. The van der Waals surface area contributed by atoms with Crippen molar-refractivity contribution in [3.8, 4) is 0 Å². The van der Waals surface area contributed by atoms with Crippen LogP contribution < -0.4 is 10.6 Å². The van der Waals surface area contributed by atoms with E-state index >= 15 is 0 Å². The highest BCUT2D eigenvalue weighted by Gasteiger charge is 2.47. The first-order valence-corrected chi connectivity index (χ1v) is 8.39. The monoisotopic (exact) mass is 369 g/mol. The van der Waals surface area contributed by atoms with E-state index in [1.165, 1.54) is 12.1 Å². The second-order valence-electron chi connectivity index (χ2n) is 6.76. The molecule has 25 heavy (non-hydrogen) atoms. The minimum Gasteiger partial charge on any atom is -0.323 e. The number of rotatable bonds is 6. The number of imide groups is 1. The number of amides is 4. The third kappa shape index (κ3) is 4.48. The minimum atomic E-state index is -1.02. The molecule has 0 bridgehead atoms. The van der Waals surface area contributed by atoms with Gasteiger partial charge in [0.05, 0.1) is 5.69 Å². The van der Waals surface area contributed by atoms with Crippen LogP contribution in [0.3, 0.4) is 0 Å². The van der Waals surface area contributed by atoms with Gasteiger partial charge in [-0.2, -0.15) is 0 Å². The van der Waals surface area contributed by atoms with Crippen molar-refractivity contribution < 1.29 is 18.8 Å². The summed E-state index contributed by atoms with van der Waals surface area (Å²) in [6.45, 7) is 5.20. The van der Waals surface area contributed by atoms with E-state index in [1.54, 1.807) is 6.92 Å². The van der Waals surface area contributed by atoms with Gasteiger partial charge in [-0.1, -0.05) is 25.4 Å². The lowest BCUT2D eigenvalue weighted by atomic mass is 9.92. The Morgan fingerprint density at radius 3 is 2.72 bits per heavy atom.